The van der Waals surface area contributed by atoms with Gasteiger partial charge in [0.15, 0.2) is 6.10 Å². The molecular weight excluding hydrogens is 835 g/mol. The monoisotopic (exact) mass is 928 g/mol. The van der Waals surface area contributed by atoms with E-state index in [9.17, 15) is 29.0 Å². The van der Waals surface area contributed by atoms with Gasteiger partial charge in [0.05, 0.1) is 18.8 Å². The van der Waals surface area contributed by atoms with Crippen molar-refractivity contribution in [3.05, 3.63) is 0 Å². The molecule has 6 atom stereocenters. The van der Waals surface area contributed by atoms with Crippen molar-refractivity contribution in [2.24, 2.45) is 0 Å². The zero-order valence-corrected chi connectivity index (χ0v) is 40.9. The van der Waals surface area contributed by atoms with Crippen LogP contribution in [-0.2, 0) is 37.6 Å². The number of aliphatic carboxylic acids is 1. The summed E-state index contributed by atoms with van der Waals surface area (Å²) in [6.45, 7) is 6.72. The zero-order chi connectivity index (χ0) is 46.6. The number of carboxylic acid groups (broad SMARTS) is 1. The molecule has 12 nitrogen and oxygen atoms in total. The fraction of sp³-hybridized carbons (Fsp3) is 0.958. The third-order valence-corrected chi connectivity index (χ3v) is 12.7. The van der Waals surface area contributed by atoms with Crippen LogP contribution in [-0.4, -0.2) is 96.2 Å². The molecule has 374 valence electrons. The highest BCUT2D eigenvalue weighted by Crippen LogP contribution is 2.42. The molecule has 0 radical (unpaired) electrons. The van der Waals surface area contributed by atoms with Gasteiger partial charge in [0.1, 0.15) is 18.3 Å². The van der Waals surface area contributed by atoms with Crippen molar-refractivity contribution in [2.45, 2.75) is 269 Å². The topological polar surface area (TPSA) is 170 Å². The Labute approximate surface area is 381 Å². The Morgan fingerprint density at radius 1 is 0.651 bits per heavy atom. The Balaban J connectivity index is 3.06. The predicted molar refractivity (Wildman–Crippen MR) is 246 cm³/mol. The normalized spacial score (nSPS) is 20.0. The van der Waals surface area contributed by atoms with Crippen LogP contribution in [0.25, 0.3) is 0 Å². The maximum atomic E-state index is 15.4. The van der Waals surface area contributed by atoms with Crippen molar-refractivity contribution in [3.63, 3.8) is 0 Å². The number of amides is 1. The second-order valence-corrected chi connectivity index (χ2v) is 19.2. The van der Waals surface area contributed by atoms with Gasteiger partial charge in [-0.2, -0.15) is 8.78 Å². The van der Waals surface area contributed by atoms with E-state index < -0.39 is 62.5 Å². The van der Waals surface area contributed by atoms with Crippen LogP contribution < -0.4 is 5.32 Å². The van der Waals surface area contributed by atoms with Gasteiger partial charge in [-0.05, 0) is 25.7 Å². The Bertz CT molecular complexity index is 1170. The molecule has 15 heteroatoms. The van der Waals surface area contributed by atoms with Crippen LogP contribution >= 0.6 is 7.82 Å². The van der Waals surface area contributed by atoms with Crippen molar-refractivity contribution < 1.29 is 61.3 Å². The van der Waals surface area contributed by atoms with Crippen LogP contribution in [0.5, 0.6) is 0 Å². The number of phosphoric ester groups is 1. The van der Waals surface area contributed by atoms with Gasteiger partial charge in [-0.1, -0.05) is 194 Å². The number of ether oxygens (including phenoxy) is 4. The lowest BCUT2D eigenvalue weighted by Crippen LogP contribution is -2.68. The lowest BCUT2D eigenvalue weighted by atomic mass is 9.91. The highest BCUT2D eigenvalue weighted by molar-refractivity contribution is 7.46. The molecule has 1 amide bonds. The van der Waals surface area contributed by atoms with Crippen molar-refractivity contribution in [1.82, 2.24) is 5.32 Å². The molecular formula is C48H92F2NO11P. The summed E-state index contributed by atoms with van der Waals surface area (Å²) in [6, 6.07) is -1.78. The van der Waals surface area contributed by atoms with E-state index in [1.54, 1.807) is 0 Å². The number of halogens is 2. The predicted octanol–water partition coefficient (Wildman–Crippen LogP) is 12.4. The van der Waals surface area contributed by atoms with E-state index in [0.717, 1.165) is 70.6 Å². The van der Waals surface area contributed by atoms with Gasteiger partial charge in [0.25, 0.3) is 5.91 Å². The second-order valence-electron chi connectivity index (χ2n) is 18.0. The van der Waals surface area contributed by atoms with Crippen LogP contribution in [0, 0.1) is 0 Å². The molecule has 0 spiro atoms. The molecule has 1 aliphatic heterocycles. The van der Waals surface area contributed by atoms with E-state index in [1.807, 2.05) is 0 Å². The molecule has 1 heterocycles. The highest BCUT2D eigenvalue weighted by atomic mass is 31.2. The quantitative estimate of drug-likeness (QED) is 0.0339. The Kier molecular flexibility index (Phi) is 35.9. The minimum Gasteiger partial charge on any atom is -0.479 e. The first-order valence-corrected chi connectivity index (χ1v) is 26.9. The summed E-state index contributed by atoms with van der Waals surface area (Å²) in [4.78, 5) is 45.7. The SMILES string of the molecule is CCCCCCCCCCCCO[C@H](CCCCCCCCCCC)CCO[C@@H]1[C@@H](NC(=O)C(F)(F)CCCCCCCCCCCC)[C@@H](C(=O)O)O[C@H](COC)[C@H]1OP(=O)(O)O. The molecule has 0 saturated carbocycles. The third kappa shape index (κ3) is 29.9. The fourth-order valence-corrected chi connectivity index (χ4v) is 9.04. The average Bonchev–Trinajstić information content (AvgIpc) is 3.23. The minimum absolute atomic E-state index is 0.0841. The molecule has 0 aromatic rings. The van der Waals surface area contributed by atoms with Crippen LogP contribution in [0.4, 0.5) is 8.78 Å². The van der Waals surface area contributed by atoms with E-state index in [-0.39, 0.29) is 25.7 Å². The molecule has 0 bridgehead atoms. The van der Waals surface area contributed by atoms with Gasteiger partial charge >= 0.3 is 19.7 Å². The van der Waals surface area contributed by atoms with E-state index in [2.05, 4.69) is 26.1 Å². The number of hydrogen-bond donors (Lipinski definition) is 4. The van der Waals surface area contributed by atoms with Crippen molar-refractivity contribution in [3.8, 4) is 0 Å². The lowest BCUT2D eigenvalue weighted by Gasteiger charge is -2.45. The number of carboxylic acids is 1. The van der Waals surface area contributed by atoms with Gasteiger partial charge in [-0.15, -0.1) is 0 Å². The van der Waals surface area contributed by atoms with Gasteiger partial charge in [0.2, 0.25) is 0 Å². The first-order valence-electron chi connectivity index (χ1n) is 25.3. The number of carbonyl (C=O) groups is 2. The van der Waals surface area contributed by atoms with Crippen molar-refractivity contribution in [2.75, 3.05) is 26.9 Å². The Morgan fingerprint density at radius 2 is 1.10 bits per heavy atom. The number of unbranched alkanes of at least 4 members (excludes halogenated alkanes) is 26. The van der Waals surface area contributed by atoms with Crippen LogP contribution in [0.15, 0.2) is 0 Å². The number of alkyl halides is 2. The van der Waals surface area contributed by atoms with Crippen LogP contribution in [0.3, 0.4) is 0 Å². The van der Waals surface area contributed by atoms with Gasteiger partial charge < -0.3 is 39.2 Å². The minimum atomic E-state index is -5.27. The molecule has 1 rings (SSSR count). The molecule has 0 unspecified atom stereocenters. The molecule has 1 saturated heterocycles. The second kappa shape index (κ2) is 37.8. The number of nitrogens with one attached hydrogen (secondary N) is 1. The summed E-state index contributed by atoms with van der Waals surface area (Å²) in [5.74, 6) is -7.14. The number of rotatable bonds is 44. The van der Waals surface area contributed by atoms with Gasteiger partial charge in [-0.3, -0.25) is 9.32 Å². The summed E-state index contributed by atoms with van der Waals surface area (Å²) in [6.07, 6.45) is 25.3. The smallest absolute Gasteiger partial charge is 0.470 e. The summed E-state index contributed by atoms with van der Waals surface area (Å²) in [5, 5.41) is 12.4. The maximum Gasteiger partial charge on any atom is 0.470 e. The number of methoxy groups -OCH3 is 1. The first-order chi connectivity index (χ1) is 30.3. The molecule has 4 N–H and O–H groups in total. The number of phosphoric acid groups is 1. The molecule has 1 fully saturated rings. The van der Waals surface area contributed by atoms with E-state index in [0.29, 0.717) is 19.4 Å². The first kappa shape index (κ1) is 59.8. The third-order valence-electron chi connectivity index (χ3n) is 12.2. The number of hydrogen-bond acceptors (Lipinski definition) is 8. The molecule has 0 aliphatic carbocycles. The van der Waals surface area contributed by atoms with Crippen molar-refractivity contribution >= 4 is 19.7 Å². The van der Waals surface area contributed by atoms with E-state index in [4.69, 9.17) is 23.5 Å². The summed E-state index contributed by atoms with van der Waals surface area (Å²) in [5.41, 5.74) is 0. The van der Waals surface area contributed by atoms with E-state index in [1.165, 1.54) is 116 Å². The number of carbonyl (C=O) groups excluding carboxylic acids is 1. The highest BCUT2D eigenvalue weighted by Gasteiger charge is 2.54. The van der Waals surface area contributed by atoms with E-state index >= 15 is 8.78 Å². The fourth-order valence-electron chi connectivity index (χ4n) is 8.47. The zero-order valence-electron chi connectivity index (χ0n) is 40.0. The average molecular weight is 928 g/mol. The summed E-state index contributed by atoms with van der Waals surface area (Å²) in [7, 11) is -3.99. The maximum absolute atomic E-state index is 15.4. The van der Waals surface area contributed by atoms with Crippen molar-refractivity contribution in [1.29, 1.82) is 0 Å². The Morgan fingerprint density at radius 3 is 1.54 bits per heavy atom. The molecule has 1 aliphatic rings. The molecule has 0 aromatic carbocycles. The lowest BCUT2D eigenvalue weighted by molar-refractivity contribution is -0.216. The molecule has 0 aromatic heterocycles. The van der Waals surface area contributed by atoms with Crippen LogP contribution in [0.2, 0.25) is 0 Å². The van der Waals surface area contributed by atoms with Gasteiger partial charge in [0, 0.05) is 26.7 Å². The molecule has 63 heavy (non-hydrogen) atoms. The largest absolute Gasteiger partial charge is 0.479 e. The van der Waals surface area contributed by atoms with Crippen LogP contribution in [0.1, 0.15) is 226 Å². The summed E-state index contributed by atoms with van der Waals surface area (Å²) < 4.78 is 71.7. The Hall–Kier alpha value is -1.25. The summed E-state index contributed by atoms with van der Waals surface area (Å²) >= 11 is 0. The standard InChI is InChI=1S/C48H92F2NO11P/c1-5-8-11-14-17-20-23-26-29-32-36-48(49,50)47(54)51-42-44(43(62-63(55,56)57)41(39-58-4)61-45(42)46(52)53)60-38-35-40(34-31-28-25-22-19-16-13-10-7-3)59-37-33-30-27-24-21-18-15-12-9-6-2/h40-45H,5-39H2,1-4H3,(H,51,54)(H,52,53)(H2,55,56,57)/t40-,41-,42-,43-,44-,45+/m1/s1. The van der Waals surface area contributed by atoms with Gasteiger partial charge in [-0.25, -0.2) is 9.36 Å².